The van der Waals surface area contributed by atoms with Crippen molar-refractivity contribution in [2.24, 2.45) is 4.99 Å². The molecule has 0 aromatic heterocycles. The highest BCUT2D eigenvalue weighted by atomic mass is 32.2. The second-order valence-electron chi connectivity index (χ2n) is 5.74. The van der Waals surface area contributed by atoms with Gasteiger partial charge in [0.2, 0.25) is 0 Å². The van der Waals surface area contributed by atoms with E-state index in [-0.39, 0.29) is 5.97 Å². The number of rotatable bonds is 5. The number of aliphatic imine (C=N–C) groups is 1. The highest BCUT2D eigenvalue weighted by Gasteiger charge is 2.30. The highest BCUT2D eigenvalue weighted by Crippen LogP contribution is 2.40. The van der Waals surface area contributed by atoms with Crippen LogP contribution in [0.1, 0.15) is 18.1 Å². The number of thioether (sulfide) groups is 1. The summed E-state index contributed by atoms with van der Waals surface area (Å²) in [5.74, 6) is -0.284. The van der Waals surface area contributed by atoms with Crippen LogP contribution in [0.3, 0.4) is 0 Å². The van der Waals surface area contributed by atoms with Gasteiger partial charge in [0.25, 0.3) is 0 Å². The largest absolute Gasteiger partial charge is 0.461 e. The van der Waals surface area contributed by atoms with Crippen molar-refractivity contribution >= 4 is 27.8 Å². The highest BCUT2D eigenvalue weighted by molar-refractivity contribution is 8.22. The van der Waals surface area contributed by atoms with E-state index in [1.165, 1.54) is 11.1 Å². The number of allylic oxidation sites excluding steroid dienone is 1. The summed E-state index contributed by atoms with van der Waals surface area (Å²) in [4.78, 5) is 20.0. The zero-order valence-electron chi connectivity index (χ0n) is 14.1. The summed E-state index contributed by atoms with van der Waals surface area (Å²) in [6.45, 7) is 5.48. The van der Waals surface area contributed by atoms with Crippen molar-refractivity contribution in [2.75, 3.05) is 26.7 Å². The van der Waals surface area contributed by atoms with E-state index in [0.29, 0.717) is 25.3 Å². The minimum absolute atomic E-state index is 0.284. The molecule has 126 valence electrons. The van der Waals surface area contributed by atoms with E-state index in [1.54, 1.807) is 11.8 Å². The van der Waals surface area contributed by atoms with Gasteiger partial charge in [-0.05, 0) is 43.8 Å². The van der Waals surface area contributed by atoms with Crippen LogP contribution in [-0.2, 0) is 9.53 Å². The molecule has 0 spiro atoms. The Bertz CT molecular complexity index is 752. The SMILES string of the molecule is CNCCOC(=O)C1=C(C)N=C2SC(c3ccccc3C)=CN2C1. The summed E-state index contributed by atoms with van der Waals surface area (Å²) in [6.07, 6.45) is 2.07. The number of ether oxygens (including phenoxy) is 1. The van der Waals surface area contributed by atoms with Gasteiger partial charge < -0.3 is 15.0 Å². The molecule has 0 bridgehead atoms. The van der Waals surface area contributed by atoms with Crippen LogP contribution < -0.4 is 5.32 Å². The molecule has 0 aliphatic carbocycles. The third kappa shape index (κ3) is 3.39. The maximum atomic E-state index is 12.2. The monoisotopic (exact) mass is 343 g/mol. The minimum Gasteiger partial charge on any atom is -0.461 e. The number of hydrogen-bond donors (Lipinski definition) is 1. The molecule has 0 amide bonds. The van der Waals surface area contributed by atoms with E-state index in [9.17, 15) is 4.79 Å². The minimum atomic E-state index is -0.284. The fourth-order valence-corrected chi connectivity index (χ4v) is 3.73. The number of fused-ring (bicyclic) bond motifs is 1. The predicted molar refractivity (Wildman–Crippen MR) is 98.5 cm³/mol. The Morgan fingerprint density at radius 1 is 1.38 bits per heavy atom. The smallest absolute Gasteiger partial charge is 0.337 e. The molecule has 1 aromatic carbocycles. The molecule has 0 radical (unpaired) electrons. The van der Waals surface area contributed by atoms with Crippen molar-refractivity contribution in [3.05, 3.63) is 52.9 Å². The van der Waals surface area contributed by atoms with Gasteiger partial charge in [0.1, 0.15) is 6.61 Å². The summed E-state index contributed by atoms with van der Waals surface area (Å²) in [6, 6.07) is 8.29. The second-order valence-corrected chi connectivity index (χ2v) is 6.75. The number of nitrogens with zero attached hydrogens (tertiary/aromatic N) is 2. The van der Waals surface area contributed by atoms with Gasteiger partial charge in [-0.2, -0.15) is 0 Å². The van der Waals surface area contributed by atoms with E-state index >= 15 is 0 Å². The zero-order chi connectivity index (χ0) is 17.1. The molecule has 2 aliphatic heterocycles. The second kappa shape index (κ2) is 7.23. The van der Waals surface area contributed by atoms with Gasteiger partial charge in [0, 0.05) is 17.6 Å². The zero-order valence-corrected chi connectivity index (χ0v) is 14.9. The molecule has 2 aliphatic rings. The van der Waals surface area contributed by atoms with Crippen LogP contribution in [0.2, 0.25) is 0 Å². The van der Waals surface area contributed by atoms with Gasteiger partial charge in [0.05, 0.1) is 17.8 Å². The van der Waals surface area contributed by atoms with Crippen LogP contribution in [0.25, 0.3) is 4.91 Å². The van der Waals surface area contributed by atoms with E-state index in [0.717, 1.165) is 15.8 Å². The number of nitrogens with one attached hydrogen (secondary N) is 1. The Labute approximate surface area is 146 Å². The summed E-state index contributed by atoms with van der Waals surface area (Å²) >= 11 is 1.64. The maximum Gasteiger partial charge on any atom is 0.337 e. The fraction of sp³-hybridized carbons (Fsp3) is 0.333. The van der Waals surface area contributed by atoms with E-state index in [4.69, 9.17) is 4.74 Å². The lowest BCUT2D eigenvalue weighted by Gasteiger charge is -2.23. The Hall–Kier alpha value is -2.05. The molecule has 0 unspecified atom stereocenters. The lowest BCUT2D eigenvalue weighted by atomic mass is 10.1. The van der Waals surface area contributed by atoms with Crippen molar-refractivity contribution in [3.63, 3.8) is 0 Å². The standard InChI is InChI=1S/C18H21N3O2S/c1-12-6-4-5-7-14(12)16-11-21-10-15(13(2)20-18(21)24-16)17(22)23-9-8-19-3/h4-7,11,19H,8-10H2,1-3H3. The van der Waals surface area contributed by atoms with Gasteiger partial charge in [-0.3, -0.25) is 0 Å². The lowest BCUT2D eigenvalue weighted by Crippen LogP contribution is -2.30. The predicted octanol–water partition coefficient (Wildman–Crippen LogP) is 2.75. The average Bonchev–Trinajstić information content (AvgIpc) is 2.97. The number of carbonyl (C=O) groups excluding carboxylic acids is 1. The number of amidine groups is 1. The first-order chi connectivity index (χ1) is 11.6. The number of aryl methyl sites for hydroxylation is 1. The Morgan fingerprint density at radius 3 is 2.92 bits per heavy atom. The van der Waals surface area contributed by atoms with Crippen LogP contribution >= 0.6 is 11.8 Å². The van der Waals surface area contributed by atoms with E-state index in [2.05, 4.69) is 35.6 Å². The molecular formula is C18H21N3O2S. The molecule has 0 saturated carbocycles. The number of esters is 1. The molecule has 5 nitrogen and oxygen atoms in total. The summed E-state index contributed by atoms with van der Waals surface area (Å²) < 4.78 is 5.29. The summed E-state index contributed by atoms with van der Waals surface area (Å²) in [7, 11) is 1.83. The number of carbonyl (C=O) groups is 1. The van der Waals surface area contributed by atoms with Crippen molar-refractivity contribution in [1.82, 2.24) is 10.2 Å². The van der Waals surface area contributed by atoms with Crippen molar-refractivity contribution in [2.45, 2.75) is 13.8 Å². The fourth-order valence-electron chi connectivity index (χ4n) is 2.60. The first-order valence-corrected chi connectivity index (χ1v) is 8.74. The first kappa shape index (κ1) is 16.8. The molecule has 0 fully saturated rings. The van der Waals surface area contributed by atoms with Gasteiger partial charge in [-0.1, -0.05) is 24.3 Å². The molecule has 3 rings (SSSR count). The summed E-state index contributed by atoms with van der Waals surface area (Å²) in [5, 5.41) is 3.87. The van der Waals surface area contributed by atoms with Crippen molar-refractivity contribution in [3.8, 4) is 0 Å². The number of likely N-dealkylation sites (N-methyl/N-ethyl adjacent to an activating group) is 1. The van der Waals surface area contributed by atoms with Gasteiger partial charge in [-0.25, -0.2) is 9.79 Å². The van der Waals surface area contributed by atoms with Crippen LogP contribution in [-0.4, -0.2) is 42.8 Å². The van der Waals surface area contributed by atoms with E-state index in [1.807, 2.05) is 31.0 Å². The molecule has 1 aromatic rings. The van der Waals surface area contributed by atoms with Gasteiger partial charge in [0.15, 0.2) is 5.17 Å². The van der Waals surface area contributed by atoms with Crippen molar-refractivity contribution < 1.29 is 9.53 Å². The molecule has 2 heterocycles. The maximum absolute atomic E-state index is 12.2. The summed E-state index contributed by atoms with van der Waals surface area (Å²) in [5.41, 5.74) is 3.80. The molecule has 1 N–H and O–H groups in total. The van der Waals surface area contributed by atoms with Crippen LogP contribution in [0.4, 0.5) is 0 Å². The van der Waals surface area contributed by atoms with Crippen molar-refractivity contribution in [1.29, 1.82) is 0 Å². The topological polar surface area (TPSA) is 53.9 Å². The molecule has 0 atom stereocenters. The Kier molecular flexibility index (Phi) is 5.06. The van der Waals surface area contributed by atoms with Gasteiger partial charge in [-0.15, -0.1) is 0 Å². The Balaban J connectivity index is 1.77. The average molecular weight is 343 g/mol. The lowest BCUT2D eigenvalue weighted by molar-refractivity contribution is -0.139. The first-order valence-electron chi connectivity index (χ1n) is 7.92. The third-order valence-electron chi connectivity index (χ3n) is 3.99. The third-order valence-corrected chi connectivity index (χ3v) is 5.04. The molecule has 0 saturated heterocycles. The van der Waals surface area contributed by atoms with E-state index < -0.39 is 0 Å². The quantitative estimate of drug-likeness (QED) is 0.658. The molecular weight excluding hydrogens is 322 g/mol. The van der Waals surface area contributed by atoms with Crippen LogP contribution in [0.5, 0.6) is 0 Å². The normalized spacial score (nSPS) is 16.7. The molecule has 6 heteroatoms. The van der Waals surface area contributed by atoms with Crippen LogP contribution in [0.15, 0.2) is 46.7 Å². The van der Waals surface area contributed by atoms with Gasteiger partial charge >= 0.3 is 5.97 Å². The number of hydrogen-bond acceptors (Lipinski definition) is 6. The van der Waals surface area contributed by atoms with Crippen LogP contribution in [0, 0.1) is 6.92 Å². The number of benzene rings is 1. The molecule has 24 heavy (non-hydrogen) atoms. The Morgan fingerprint density at radius 2 is 2.17 bits per heavy atom.